The van der Waals surface area contributed by atoms with Gasteiger partial charge >= 0.3 is 12.9 Å². The van der Waals surface area contributed by atoms with Crippen LogP contribution in [0.2, 0.25) is 6.82 Å². The first-order valence-electron chi connectivity index (χ1n) is 7.44. The number of nitro benzene ring substituents is 1. The zero-order valence-corrected chi connectivity index (χ0v) is 13.6. The number of hydrogen-bond acceptors (Lipinski definition) is 7. The summed E-state index contributed by atoms with van der Waals surface area (Å²) in [5.41, 5.74) is 0.0523. The number of nitrogens with zero attached hydrogens (tertiary/aromatic N) is 1. The second-order valence-electron chi connectivity index (χ2n) is 5.06. The molecule has 1 rings (SSSR count). The Hall–Kier alpha value is -2.50. The highest BCUT2D eigenvalue weighted by atomic mass is 16.6. The summed E-state index contributed by atoms with van der Waals surface area (Å²) in [6, 6.07) is 3.72. The number of aliphatic carboxylic acids is 1. The number of rotatable bonds is 11. The number of benzene rings is 1. The third kappa shape index (κ3) is 7.74. The third-order valence-corrected chi connectivity index (χ3v) is 3.03. The number of carbonyl (C=O) groups is 2. The van der Waals surface area contributed by atoms with E-state index in [-0.39, 0.29) is 43.1 Å². The van der Waals surface area contributed by atoms with Crippen molar-refractivity contribution < 1.29 is 34.1 Å². The summed E-state index contributed by atoms with van der Waals surface area (Å²) in [5.74, 6) is -1.60. The van der Waals surface area contributed by atoms with Crippen LogP contribution in [0.15, 0.2) is 18.2 Å². The summed E-state index contributed by atoms with van der Waals surface area (Å²) in [5, 5.41) is 31.4. The molecule has 0 heterocycles. The smallest absolute Gasteiger partial charge is 0.329 e. The molecule has 3 N–H and O–H groups in total. The maximum atomic E-state index is 12.0. The highest BCUT2D eigenvalue weighted by molar-refractivity contribution is 6.65. The van der Waals surface area contributed by atoms with Crippen molar-refractivity contribution in [2.24, 2.45) is 0 Å². The maximum absolute atomic E-state index is 12.0. The minimum absolute atomic E-state index is 0.0647. The molecule has 25 heavy (non-hydrogen) atoms. The summed E-state index contributed by atoms with van der Waals surface area (Å²) in [4.78, 5) is 32.5. The minimum Gasteiger partial charge on any atom is -0.480 e. The first-order valence-corrected chi connectivity index (χ1v) is 7.44. The fourth-order valence-electron chi connectivity index (χ4n) is 1.83. The fraction of sp³-hybridized carbons (Fsp3) is 0.429. The molecule has 0 unspecified atom stereocenters. The van der Waals surface area contributed by atoms with Crippen LogP contribution in [0, 0.1) is 10.1 Å². The van der Waals surface area contributed by atoms with Crippen LogP contribution in [-0.4, -0.2) is 66.8 Å². The van der Waals surface area contributed by atoms with Crippen LogP contribution in [-0.2, 0) is 14.3 Å². The Kier molecular flexibility index (Phi) is 8.54. The third-order valence-electron chi connectivity index (χ3n) is 3.03. The zero-order valence-electron chi connectivity index (χ0n) is 13.6. The molecule has 0 aromatic heterocycles. The van der Waals surface area contributed by atoms with Gasteiger partial charge in [-0.25, -0.2) is 4.79 Å². The molecule has 11 heteroatoms. The van der Waals surface area contributed by atoms with Crippen LogP contribution < -0.4 is 10.8 Å². The monoisotopic (exact) mass is 354 g/mol. The van der Waals surface area contributed by atoms with Gasteiger partial charge in [0.05, 0.1) is 24.7 Å². The number of nitro groups is 1. The van der Waals surface area contributed by atoms with Crippen molar-refractivity contribution >= 4 is 29.9 Å². The van der Waals surface area contributed by atoms with Crippen molar-refractivity contribution in [3.8, 4) is 0 Å². The highest BCUT2D eigenvalue weighted by Gasteiger charge is 2.18. The van der Waals surface area contributed by atoms with Gasteiger partial charge in [-0.1, -0.05) is 12.9 Å². The van der Waals surface area contributed by atoms with Gasteiger partial charge in [-0.3, -0.25) is 14.9 Å². The molecule has 10 nitrogen and oxygen atoms in total. The molecular weight excluding hydrogens is 335 g/mol. The van der Waals surface area contributed by atoms with E-state index < -0.39 is 30.3 Å². The quantitative estimate of drug-likeness (QED) is 0.204. The first-order chi connectivity index (χ1) is 11.8. The minimum atomic E-state index is -1.07. The molecule has 0 spiro atoms. The van der Waals surface area contributed by atoms with Crippen molar-refractivity contribution in [1.82, 2.24) is 5.32 Å². The molecule has 0 atom stereocenters. The van der Waals surface area contributed by atoms with E-state index in [9.17, 15) is 24.7 Å². The van der Waals surface area contributed by atoms with Gasteiger partial charge in [-0.2, -0.15) is 0 Å². The van der Waals surface area contributed by atoms with Gasteiger partial charge in [0.25, 0.3) is 11.6 Å². The van der Waals surface area contributed by atoms with E-state index in [1.54, 1.807) is 0 Å². The van der Waals surface area contributed by atoms with Crippen molar-refractivity contribution in [3.05, 3.63) is 33.9 Å². The summed E-state index contributed by atoms with van der Waals surface area (Å²) < 4.78 is 9.91. The fourth-order valence-corrected chi connectivity index (χ4v) is 1.83. The Morgan fingerprint density at radius 1 is 1.24 bits per heavy atom. The van der Waals surface area contributed by atoms with E-state index in [2.05, 4.69) is 5.32 Å². The Labute approximate surface area is 144 Å². The molecule has 136 valence electrons. The lowest BCUT2D eigenvalue weighted by atomic mass is 9.64. The molecule has 0 radical (unpaired) electrons. The molecule has 0 fully saturated rings. The molecular formula is C14H19BN2O8. The van der Waals surface area contributed by atoms with E-state index in [4.69, 9.17) is 14.6 Å². The van der Waals surface area contributed by atoms with E-state index >= 15 is 0 Å². The number of non-ortho nitro benzene ring substituents is 1. The number of carboxylic acid groups (broad SMARTS) is 1. The Bertz CT molecular complexity index is 623. The normalized spacial score (nSPS) is 10.3. The summed E-state index contributed by atoms with van der Waals surface area (Å²) >= 11 is 0. The zero-order chi connectivity index (χ0) is 18.8. The molecule has 0 aliphatic carbocycles. The number of nitrogens with one attached hydrogen (secondary N) is 1. The lowest BCUT2D eigenvalue weighted by Crippen LogP contribution is -2.31. The van der Waals surface area contributed by atoms with Crippen LogP contribution >= 0.6 is 0 Å². The molecule has 0 aliphatic heterocycles. The molecule has 1 aromatic rings. The van der Waals surface area contributed by atoms with Gasteiger partial charge in [-0.05, 0) is 5.46 Å². The van der Waals surface area contributed by atoms with E-state index in [0.717, 1.165) is 6.07 Å². The summed E-state index contributed by atoms with van der Waals surface area (Å²) in [7, 11) is 0. The second kappa shape index (κ2) is 10.4. The van der Waals surface area contributed by atoms with E-state index in [1.165, 1.54) is 19.0 Å². The van der Waals surface area contributed by atoms with Crippen molar-refractivity contribution in [2.75, 3.05) is 33.0 Å². The molecule has 1 amide bonds. The van der Waals surface area contributed by atoms with Gasteiger partial charge in [0.15, 0.2) is 0 Å². The van der Waals surface area contributed by atoms with Crippen molar-refractivity contribution in [2.45, 2.75) is 6.82 Å². The predicted molar refractivity (Wildman–Crippen MR) is 88.2 cm³/mol. The number of hydrogen-bond donors (Lipinski definition) is 3. The van der Waals surface area contributed by atoms with Gasteiger partial charge in [0.2, 0.25) is 0 Å². The van der Waals surface area contributed by atoms with Gasteiger partial charge < -0.3 is 24.9 Å². The molecule has 1 aromatic carbocycles. The van der Waals surface area contributed by atoms with Gasteiger partial charge in [0.1, 0.15) is 6.61 Å². The molecule has 0 aliphatic rings. The number of amides is 1. The summed E-state index contributed by atoms with van der Waals surface area (Å²) in [6.07, 6.45) is 0. The first kappa shape index (κ1) is 20.5. The van der Waals surface area contributed by atoms with Crippen molar-refractivity contribution in [1.29, 1.82) is 0 Å². The van der Waals surface area contributed by atoms with Crippen LogP contribution in [0.3, 0.4) is 0 Å². The largest absolute Gasteiger partial charge is 0.480 e. The number of carbonyl (C=O) groups excluding carboxylic acids is 1. The lowest BCUT2D eigenvalue weighted by Gasteiger charge is -2.08. The Balaban J connectivity index is 2.44. The topological polar surface area (TPSA) is 148 Å². The van der Waals surface area contributed by atoms with Crippen molar-refractivity contribution in [3.63, 3.8) is 0 Å². The second-order valence-corrected chi connectivity index (χ2v) is 5.06. The number of ether oxygens (including phenoxy) is 2. The van der Waals surface area contributed by atoms with Gasteiger partial charge in [-0.15, -0.1) is 0 Å². The Morgan fingerprint density at radius 2 is 1.92 bits per heavy atom. The lowest BCUT2D eigenvalue weighted by molar-refractivity contribution is -0.384. The van der Waals surface area contributed by atoms with Crippen LogP contribution in [0.4, 0.5) is 5.69 Å². The molecule has 0 saturated heterocycles. The predicted octanol–water partition coefficient (Wildman–Crippen LogP) is -0.737. The SMILES string of the molecule is CB(O)c1cc(C(=O)NCCOCCOCC(=O)O)cc([N+](=O)[O-])c1. The van der Waals surface area contributed by atoms with Crippen LogP contribution in [0.1, 0.15) is 10.4 Å². The summed E-state index contributed by atoms with van der Waals surface area (Å²) in [6.45, 7) is 0.708. The maximum Gasteiger partial charge on any atom is 0.329 e. The molecule has 0 bridgehead atoms. The highest BCUT2D eigenvalue weighted by Crippen LogP contribution is 2.12. The van der Waals surface area contributed by atoms with Crippen LogP contribution in [0.5, 0.6) is 0 Å². The average Bonchev–Trinajstić information content (AvgIpc) is 2.56. The average molecular weight is 354 g/mol. The molecule has 0 saturated carbocycles. The van der Waals surface area contributed by atoms with Gasteiger partial charge in [0, 0.05) is 24.2 Å². The van der Waals surface area contributed by atoms with E-state index in [0.29, 0.717) is 0 Å². The van der Waals surface area contributed by atoms with E-state index in [1.807, 2.05) is 0 Å². The van der Waals surface area contributed by atoms with Crippen LogP contribution in [0.25, 0.3) is 0 Å². The standard InChI is InChI=1S/C14H19BN2O8/c1-15(21)11-6-10(7-12(8-11)17(22)23)14(20)16-2-3-24-4-5-25-9-13(18)19/h6-8,21H,2-5,9H2,1H3,(H,16,20)(H,18,19). The number of carboxylic acids is 1. The Morgan fingerprint density at radius 3 is 2.52 bits per heavy atom.